The van der Waals surface area contributed by atoms with Crippen molar-refractivity contribution in [2.45, 2.75) is 101 Å². The van der Waals surface area contributed by atoms with Crippen molar-refractivity contribution in [3.63, 3.8) is 0 Å². The third kappa shape index (κ3) is 14.6. The van der Waals surface area contributed by atoms with E-state index in [0.717, 1.165) is 61.8 Å². The predicted molar refractivity (Wildman–Crippen MR) is 195 cm³/mol. The summed E-state index contributed by atoms with van der Waals surface area (Å²) in [5.41, 5.74) is 1.95. The molecule has 0 aliphatic heterocycles. The molecule has 2 N–H and O–H groups in total. The van der Waals surface area contributed by atoms with Gasteiger partial charge in [-0.25, -0.2) is 8.42 Å². The molecule has 0 spiro atoms. The Balaban J connectivity index is 0.000000347. The number of benzene rings is 4. The van der Waals surface area contributed by atoms with Gasteiger partial charge >= 0.3 is 37.7 Å². The summed E-state index contributed by atoms with van der Waals surface area (Å²) in [7, 11) is -9.34. The van der Waals surface area contributed by atoms with Gasteiger partial charge in [0.2, 0.25) is 0 Å². The zero-order chi connectivity index (χ0) is 36.6. The smallest absolute Gasteiger partial charge is 0.869 e. The number of aromatic hydroxyl groups is 1. The van der Waals surface area contributed by atoms with E-state index in [1.807, 2.05) is 30.3 Å². The van der Waals surface area contributed by atoms with Crippen LogP contribution in [0.5, 0.6) is 34.5 Å². The minimum Gasteiger partial charge on any atom is -0.869 e. The van der Waals surface area contributed by atoms with E-state index >= 15 is 0 Å². The summed E-state index contributed by atoms with van der Waals surface area (Å²) >= 11 is 0. The summed E-state index contributed by atoms with van der Waals surface area (Å²) in [5, 5.41) is 22.2. The first-order chi connectivity index (χ1) is 23.9. The number of para-hydroxylation sites is 4. The molecular formula is C38H46CaO10S2. The fourth-order valence-corrected chi connectivity index (χ4v) is 6.43. The SMILES string of the molecule is CCCCCCCc1ccccc1Oc1cccc(S(=O)(=O)O)c1O.CCCCCCCc1ccccc1Oc1cccc(S(=O)(=O)[O-])c1[O-].[Ca+2]. The maximum Gasteiger partial charge on any atom is 2.00 e. The first-order valence-corrected chi connectivity index (χ1v) is 19.8. The molecule has 0 atom stereocenters. The Morgan fingerprint density at radius 2 is 0.980 bits per heavy atom. The number of aryl methyl sites for hydroxylation is 2. The van der Waals surface area contributed by atoms with Crippen LogP contribution in [-0.4, -0.2) is 68.8 Å². The number of hydrogen-bond donors (Lipinski definition) is 2. The zero-order valence-corrected chi connectivity index (χ0v) is 33.1. The van der Waals surface area contributed by atoms with Crippen molar-refractivity contribution in [3.05, 3.63) is 96.1 Å². The zero-order valence-electron chi connectivity index (χ0n) is 29.3. The van der Waals surface area contributed by atoms with Crippen molar-refractivity contribution in [2.75, 3.05) is 0 Å². The largest absolute Gasteiger partial charge is 2.00 e. The maximum absolute atomic E-state index is 12.2. The van der Waals surface area contributed by atoms with E-state index < -0.39 is 41.5 Å². The van der Waals surface area contributed by atoms with Crippen LogP contribution < -0.4 is 14.6 Å². The quantitative estimate of drug-likeness (QED) is 0.0568. The van der Waals surface area contributed by atoms with Crippen LogP contribution in [0.3, 0.4) is 0 Å². The fraction of sp³-hybridized carbons (Fsp3) is 0.368. The van der Waals surface area contributed by atoms with Crippen LogP contribution in [0.1, 0.15) is 89.2 Å². The third-order valence-electron chi connectivity index (χ3n) is 7.94. The fourth-order valence-electron chi connectivity index (χ4n) is 5.26. The van der Waals surface area contributed by atoms with Crippen LogP contribution in [0.4, 0.5) is 0 Å². The van der Waals surface area contributed by atoms with Crippen LogP contribution in [0.15, 0.2) is 94.7 Å². The summed E-state index contributed by atoms with van der Waals surface area (Å²) < 4.78 is 76.5. The molecule has 0 aliphatic rings. The van der Waals surface area contributed by atoms with Gasteiger partial charge in [0.25, 0.3) is 10.1 Å². The molecule has 0 aliphatic carbocycles. The van der Waals surface area contributed by atoms with Gasteiger partial charge in [-0.05, 0) is 79.0 Å². The van der Waals surface area contributed by atoms with Crippen molar-refractivity contribution in [1.82, 2.24) is 0 Å². The van der Waals surface area contributed by atoms with Crippen molar-refractivity contribution in [2.24, 2.45) is 0 Å². The Kier molecular flexibility index (Phi) is 19.4. The summed E-state index contributed by atoms with van der Waals surface area (Å²) in [6, 6.07) is 22.5. The van der Waals surface area contributed by atoms with E-state index in [-0.39, 0.29) is 49.2 Å². The molecule has 0 bridgehead atoms. The van der Waals surface area contributed by atoms with Gasteiger partial charge in [0.05, 0.1) is 4.90 Å². The van der Waals surface area contributed by atoms with Gasteiger partial charge < -0.3 is 24.2 Å². The van der Waals surface area contributed by atoms with Crippen LogP contribution >= 0.6 is 0 Å². The van der Waals surface area contributed by atoms with Gasteiger partial charge in [-0.1, -0.05) is 114 Å². The molecule has 0 saturated heterocycles. The molecule has 0 saturated carbocycles. The van der Waals surface area contributed by atoms with Gasteiger partial charge in [0.15, 0.2) is 11.5 Å². The molecule has 272 valence electrons. The van der Waals surface area contributed by atoms with E-state index in [0.29, 0.717) is 11.5 Å². The molecule has 10 nitrogen and oxygen atoms in total. The summed E-state index contributed by atoms with van der Waals surface area (Å²) in [5.74, 6) is -0.585. The van der Waals surface area contributed by atoms with Crippen LogP contribution in [-0.2, 0) is 33.1 Å². The number of hydrogen-bond acceptors (Lipinski definition) is 9. The van der Waals surface area contributed by atoms with Crippen molar-refractivity contribution < 1.29 is 45.6 Å². The average molecular weight is 767 g/mol. The van der Waals surface area contributed by atoms with Gasteiger partial charge in [0, 0.05) is 0 Å². The van der Waals surface area contributed by atoms with Gasteiger partial charge in [-0.3, -0.25) is 4.55 Å². The summed E-state index contributed by atoms with van der Waals surface area (Å²) in [6.45, 7) is 4.34. The van der Waals surface area contributed by atoms with Crippen molar-refractivity contribution in [3.8, 4) is 34.5 Å². The van der Waals surface area contributed by atoms with E-state index in [1.165, 1.54) is 62.8 Å². The Labute approximate surface area is 332 Å². The van der Waals surface area contributed by atoms with Gasteiger partial charge in [-0.15, -0.1) is 0 Å². The Bertz CT molecular complexity index is 1740. The monoisotopic (exact) mass is 766 g/mol. The molecule has 51 heavy (non-hydrogen) atoms. The molecule has 4 aromatic rings. The minimum absolute atomic E-state index is 0. The van der Waals surface area contributed by atoms with Crippen LogP contribution in [0.25, 0.3) is 0 Å². The van der Waals surface area contributed by atoms with Crippen LogP contribution in [0.2, 0.25) is 0 Å². The standard InChI is InChI=1S/2C19H24O5S.Ca/c2*1-2-3-4-5-6-10-15-11-7-8-12-16(15)24-17-13-9-14-18(19(17)20)25(21,22)23;/h2*7-9,11-14,20H,2-6,10H2,1H3,(H,21,22,23);/q;;+2/p-2. The Morgan fingerprint density at radius 3 is 1.45 bits per heavy atom. The number of phenolic OH excluding ortho intramolecular Hbond substituents is 1. The number of phenols is 1. The summed E-state index contributed by atoms with van der Waals surface area (Å²) in [6.07, 6.45) is 13.2. The maximum atomic E-state index is 12.2. The molecule has 0 unspecified atom stereocenters. The van der Waals surface area contributed by atoms with Crippen molar-refractivity contribution in [1.29, 1.82) is 0 Å². The molecule has 0 amide bonds. The number of unbranched alkanes of at least 4 members (excludes halogenated alkanes) is 8. The normalized spacial score (nSPS) is 11.2. The second-order valence-electron chi connectivity index (χ2n) is 11.9. The molecule has 0 heterocycles. The van der Waals surface area contributed by atoms with E-state index in [9.17, 15) is 31.6 Å². The third-order valence-corrected chi connectivity index (χ3v) is 9.68. The predicted octanol–water partition coefficient (Wildman–Crippen LogP) is 8.53. The molecule has 4 aromatic carbocycles. The van der Waals surface area contributed by atoms with Crippen LogP contribution in [0, 0.1) is 0 Å². The van der Waals surface area contributed by atoms with E-state index in [2.05, 4.69) is 13.8 Å². The molecule has 0 fully saturated rings. The average Bonchev–Trinajstić information content (AvgIpc) is 3.07. The number of rotatable bonds is 18. The molecular weight excluding hydrogens is 721 g/mol. The van der Waals surface area contributed by atoms with Gasteiger partial charge in [-0.2, -0.15) is 8.42 Å². The first-order valence-electron chi connectivity index (χ1n) is 16.9. The van der Waals surface area contributed by atoms with E-state index in [4.69, 9.17) is 14.0 Å². The topological polar surface area (TPSA) is 173 Å². The second-order valence-corrected chi connectivity index (χ2v) is 14.6. The van der Waals surface area contributed by atoms with Crippen molar-refractivity contribution >= 4 is 58.0 Å². The minimum atomic E-state index is -4.82. The summed E-state index contributed by atoms with van der Waals surface area (Å²) in [4.78, 5) is -1.36. The number of ether oxygens (including phenoxy) is 2. The van der Waals surface area contributed by atoms with E-state index in [1.54, 1.807) is 18.2 Å². The Hall–Kier alpha value is -2.84. The van der Waals surface area contributed by atoms with Gasteiger partial charge in [0.1, 0.15) is 32.3 Å². The molecule has 4 rings (SSSR count). The first kappa shape index (κ1) is 44.3. The molecule has 0 aromatic heterocycles. The Morgan fingerprint density at radius 1 is 0.569 bits per heavy atom. The molecule has 13 heteroatoms. The second kappa shape index (κ2) is 22.3. The molecule has 0 radical (unpaired) electrons.